The fourth-order valence-corrected chi connectivity index (χ4v) is 2.88. The van der Waals surface area contributed by atoms with E-state index in [1.54, 1.807) is 12.1 Å². The van der Waals surface area contributed by atoms with Crippen LogP contribution in [-0.2, 0) is 0 Å². The molecule has 0 saturated heterocycles. The second kappa shape index (κ2) is 5.46. The average molecular weight is 324 g/mol. The highest BCUT2D eigenvalue weighted by Crippen LogP contribution is 2.33. The third kappa shape index (κ3) is 3.05. The quantitative estimate of drug-likeness (QED) is 0.841. The molecule has 0 radical (unpaired) electrons. The third-order valence-corrected chi connectivity index (χ3v) is 3.86. The van der Waals surface area contributed by atoms with Gasteiger partial charge in [-0.05, 0) is 36.4 Å². The van der Waals surface area contributed by atoms with E-state index in [0.717, 1.165) is 14.3 Å². The van der Waals surface area contributed by atoms with Gasteiger partial charge in [-0.25, -0.2) is 4.79 Å². The van der Waals surface area contributed by atoms with Crippen LogP contribution < -0.4 is 5.73 Å². The zero-order chi connectivity index (χ0) is 13.1. The SMILES string of the molecule is Nc1cc(C(=O)O)ccc1Sc1cccc(Br)c1. The maximum atomic E-state index is 10.8. The Morgan fingerprint density at radius 3 is 2.61 bits per heavy atom. The van der Waals surface area contributed by atoms with Gasteiger partial charge in [0.15, 0.2) is 0 Å². The highest BCUT2D eigenvalue weighted by Gasteiger charge is 2.07. The number of halogens is 1. The van der Waals surface area contributed by atoms with Gasteiger partial charge in [-0.15, -0.1) is 0 Å². The maximum Gasteiger partial charge on any atom is 0.335 e. The van der Waals surface area contributed by atoms with E-state index in [1.807, 2.05) is 24.3 Å². The molecule has 0 aliphatic rings. The van der Waals surface area contributed by atoms with Crippen LogP contribution in [0.2, 0.25) is 0 Å². The number of hydrogen-bond acceptors (Lipinski definition) is 3. The Kier molecular flexibility index (Phi) is 3.93. The molecule has 3 N–H and O–H groups in total. The first-order valence-electron chi connectivity index (χ1n) is 5.12. The summed E-state index contributed by atoms with van der Waals surface area (Å²) in [6.07, 6.45) is 0. The molecular formula is C13H10BrNO2S. The minimum absolute atomic E-state index is 0.200. The summed E-state index contributed by atoms with van der Waals surface area (Å²) in [6, 6.07) is 12.6. The molecule has 0 spiro atoms. The van der Waals surface area contributed by atoms with Crippen molar-refractivity contribution in [3.63, 3.8) is 0 Å². The minimum atomic E-state index is -0.972. The van der Waals surface area contributed by atoms with E-state index < -0.39 is 5.97 Å². The first-order valence-corrected chi connectivity index (χ1v) is 6.73. The lowest BCUT2D eigenvalue weighted by Gasteiger charge is -2.06. The van der Waals surface area contributed by atoms with Crippen molar-refractivity contribution in [1.29, 1.82) is 0 Å². The fourth-order valence-electron chi connectivity index (χ4n) is 1.43. The molecular weight excluding hydrogens is 314 g/mol. The summed E-state index contributed by atoms with van der Waals surface area (Å²) in [5.41, 5.74) is 6.52. The van der Waals surface area contributed by atoms with E-state index in [4.69, 9.17) is 10.8 Å². The standard InChI is InChI=1S/C13H10BrNO2S/c14-9-2-1-3-10(7-9)18-12-5-4-8(13(16)17)6-11(12)15/h1-7H,15H2,(H,16,17). The van der Waals surface area contributed by atoms with Gasteiger partial charge in [-0.1, -0.05) is 33.8 Å². The summed E-state index contributed by atoms with van der Waals surface area (Å²) in [5.74, 6) is -0.972. The van der Waals surface area contributed by atoms with Crippen LogP contribution in [0.25, 0.3) is 0 Å². The van der Waals surface area contributed by atoms with Gasteiger partial charge < -0.3 is 10.8 Å². The van der Waals surface area contributed by atoms with Gasteiger partial charge >= 0.3 is 5.97 Å². The lowest BCUT2D eigenvalue weighted by atomic mass is 10.2. The van der Waals surface area contributed by atoms with Crippen molar-refractivity contribution in [2.24, 2.45) is 0 Å². The lowest BCUT2D eigenvalue weighted by Crippen LogP contribution is -1.98. The van der Waals surface area contributed by atoms with E-state index >= 15 is 0 Å². The summed E-state index contributed by atoms with van der Waals surface area (Å²) >= 11 is 4.90. The fraction of sp³-hybridized carbons (Fsp3) is 0. The molecule has 18 heavy (non-hydrogen) atoms. The second-order valence-electron chi connectivity index (χ2n) is 3.62. The molecule has 0 atom stereocenters. The number of nitrogens with two attached hydrogens (primary N) is 1. The number of nitrogen functional groups attached to an aromatic ring is 1. The molecule has 0 unspecified atom stereocenters. The van der Waals surface area contributed by atoms with Gasteiger partial charge in [0, 0.05) is 20.0 Å². The average Bonchev–Trinajstić information content (AvgIpc) is 2.31. The summed E-state index contributed by atoms with van der Waals surface area (Å²) in [6.45, 7) is 0. The van der Waals surface area contributed by atoms with Gasteiger partial charge in [-0.2, -0.15) is 0 Å². The molecule has 0 aromatic heterocycles. The van der Waals surface area contributed by atoms with Crippen molar-refractivity contribution < 1.29 is 9.90 Å². The van der Waals surface area contributed by atoms with E-state index in [-0.39, 0.29) is 5.56 Å². The third-order valence-electron chi connectivity index (χ3n) is 2.28. The van der Waals surface area contributed by atoms with Crippen molar-refractivity contribution in [3.8, 4) is 0 Å². The van der Waals surface area contributed by atoms with Gasteiger partial charge in [-0.3, -0.25) is 0 Å². The van der Waals surface area contributed by atoms with Crippen molar-refractivity contribution in [3.05, 3.63) is 52.5 Å². The smallest absolute Gasteiger partial charge is 0.335 e. The monoisotopic (exact) mass is 323 g/mol. The molecule has 2 aromatic carbocycles. The molecule has 0 aliphatic carbocycles. The zero-order valence-electron chi connectivity index (χ0n) is 9.26. The lowest BCUT2D eigenvalue weighted by molar-refractivity contribution is 0.0697. The van der Waals surface area contributed by atoms with E-state index in [0.29, 0.717) is 5.69 Å². The van der Waals surface area contributed by atoms with Crippen molar-refractivity contribution in [2.45, 2.75) is 9.79 Å². The predicted molar refractivity (Wildman–Crippen MR) is 76.1 cm³/mol. The van der Waals surface area contributed by atoms with Crippen LogP contribution in [0.3, 0.4) is 0 Å². The van der Waals surface area contributed by atoms with Gasteiger partial charge in [0.2, 0.25) is 0 Å². The molecule has 0 heterocycles. The molecule has 3 nitrogen and oxygen atoms in total. The summed E-state index contributed by atoms with van der Waals surface area (Å²) in [4.78, 5) is 12.7. The molecule has 0 saturated carbocycles. The van der Waals surface area contributed by atoms with Crippen LogP contribution in [0, 0.1) is 0 Å². The molecule has 0 fully saturated rings. The second-order valence-corrected chi connectivity index (χ2v) is 5.65. The van der Waals surface area contributed by atoms with Crippen molar-refractivity contribution >= 4 is 39.3 Å². The Hall–Kier alpha value is -1.46. The molecule has 0 bridgehead atoms. The van der Waals surface area contributed by atoms with E-state index in [1.165, 1.54) is 17.8 Å². The van der Waals surface area contributed by atoms with Gasteiger partial charge in [0.05, 0.1) is 5.56 Å². The zero-order valence-corrected chi connectivity index (χ0v) is 11.7. The van der Waals surface area contributed by atoms with Crippen LogP contribution in [0.5, 0.6) is 0 Å². The minimum Gasteiger partial charge on any atom is -0.478 e. The predicted octanol–water partition coefficient (Wildman–Crippen LogP) is 3.88. The normalized spacial score (nSPS) is 10.3. The van der Waals surface area contributed by atoms with E-state index in [2.05, 4.69) is 15.9 Å². The van der Waals surface area contributed by atoms with Crippen LogP contribution in [0.1, 0.15) is 10.4 Å². The number of carbonyl (C=O) groups is 1. The largest absolute Gasteiger partial charge is 0.478 e. The Bertz CT molecular complexity index is 601. The van der Waals surface area contributed by atoms with Crippen LogP contribution in [0.4, 0.5) is 5.69 Å². The number of hydrogen-bond donors (Lipinski definition) is 2. The molecule has 2 aromatic rings. The molecule has 2 rings (SSSR count). The van der Waals surface area contributed by atoms with Gasteiger partial charge in [0.1, 0.15) is 0 Å². The number of rotatable bonds is 3. The number of carboxylic acid groups (broad SMARTS) is 1. The Morgan fingerprint density at radius 1 is 1.22 bits per heavy atom. The van der Waals surface area contributed by atoms with Gasteiger partial charge in [0.25, 0.3) is 0 Å². The maximum absolute atomic E-state index is 10.8. The van der Waals surface area contributed by atoms with Crippen molar-refractivity contribution in [1.82, 2.24) is 0 Å². The number of aromatic carboxylic acids is 1. The Labute approximate surface area is 117 Å². The molecule has 0 aliphatic heterocycles. The highest BCUT2D eigenvalue weighted by molar-refractivity contribution is 9.10. The first kappa shape index (κ1) is 13.0. The van der Waals surface area contributed by atoms with E-state index in [9.17, 15) is 4.79 Å². The Balaban J connectivity index is 2.27. The molecule has 5 heteroatoms. The number of anilines is 1. The number of benzene rings is 2. The number of carboxylic acids is 1. The first-order chi connectivity index (χ1) is 8.56. The van der Waals surface area contributed by atoms with Crippen molar-refractivity contribution in [2.75, 3.05) is 5.73 Å². The van der Waals surface area contributed by atoms with Crippen LogP contribution >= 0.6 is 27.7 Å². The summed E-state index contributed by atoms with van der Waals surface area (Å²) in [7, 11) is 0. The topological polar surface area (TPSA) is 63.3 Å². The molecule has 0 amide bonds. The summed E-state index contributed by atoms with van der Waals surface area (Å²) in [5, 5.41) is 8.86. The Morgan fingerprint density at radius 2 is 2.00 bits per heavy atom. The highest BCUT2D eigenvalue weighted by atomic mass is 79.9. The molecule has 92 valence electrons. The van der Waals surface area contributed by atoms with Crippen LogP contribution in [0.15, 0.2) is 56.7 Å². The summed E-state index contributed by atoms with van der Waals surface area (Å²) < 4.78 is 0.994. The van der Waals surface area contributed by atoms with Crippen LogP contribution in [-0.4, -0.2) is 11.1 Å².